The van der Waals surface area contributed by atoms with Crippen molar-refractivity contribution in [2.75, 3.05) is 23.4 Å². The summed E-state index contributed by atoms with van der Waals surface area (Å²) in [5.41, 5.74) is 4.55. The average Bonchev–Trinajstić information content (AvgIpc) is 2.59. The van der Waals surface area contributed by atoms with Gasteiger partial charge in [0.05, 0.1) is 18.2 Å². The second kappa shape index (κ2) is 8.86. The quantitative estimate of drug-likeness (QED) is 0.447. The van der Waals surface area contributed by atoms with Crippen molar-refractivity contribution in [2.45, 2.75) is 11.8 Å². The van der Waals surface area contributed by atoms with Gasteiger partial charge >= 0.3 is 0 Å². The zero-order chi connectivity index (χ0) is 19.2. The van der Waals surface area contributed by atoms with Gasteiger partial charge < -0.3 is 0 Å². The predicted octanol–water partition coefficient (Wildman–Crippen LogP) is 2.63. The number of thioether (sulfide) groups is 1. The highest BCUT2D eigenvalue weighted by Crippen LogP contribution is 2.18. The molecule has 0 aliphatic rings. The molecule has 0 radical (unpaired) electrons. The molecule has 26 heavy (non-hydrogen) atoms. The lowest BCUT2D eigenvalue weighted by Gasteiger charge is -2.21. The maximum atomic E-state index is 12.1. The van der Waals surface area contributed by atoms with Crippen molar-refractivity contribution in [3.63, 3.8) is 0 Å². The van der Waals surface area contributed by atoms with Crippen LogP contribution in [0, 0.1) is 6.92 Å². The van der Waals surface area contributed by atoms with Crippen LogP contribution in [0.5, 0.6) is 0 Å². The van der Waals surface area contributed by atoms with Crippen molar-refractivity contribution >= 4 is 39.6 Å². The SMILES string of the molecule is CSc1ccc(/C=N\NC(=O)CN(c2cccc(C)c2)S(C)(=O)=O)cc1. The van der Waals surface area contributed by atoms with E-state index in [-0.39, 0.29) is 6.54 Å². The number of benzene rings is 2. The molecule has 0 heterocycles. The van der Waals surface area contributed by atoms with Gasteiger partial charge in [0.1, 0.15) is 6.54 Å². The third-order valence-corrected chi connectivity index (χ3v) is 5.38. The minimum absolute atomic E-state index is 0.342. The van der Waals surface area contributed by atoms with Crippen molar-refractivity contribution < 1.29 is 13.2 Å². The van der Waals surface area contributed by atoms with Crippen LogP contribution in [0.1, 0.15) is 11.1 Å². The summed E-state index contributed by atoms with van der Waals surface area (Å²) in [6, 6.07) is 14.7. The smallest absolute Gasteiger partial charge is 0.260 e. The predicted molar refractivity (Wildman–Crippen MR) is 107 cm³/mol. The molecule has 1 N–H and O–H groups in total. The number of amides is 1. The highest BCUT2D eigenvalue weighted by Gasteiger charge is 2.20. The first-order valence-electron chi connectivity index (χ1n) is 7.80. The van der Waals surface area contributed by atoms with Crippen LogP contribution in [0.3, 0.4) is 0 Å². The first kappa shape index (κ1) is 20.0. The van der Waals surface area contributed by atoms with Crippen molar-refractivity contribution in [2.24, 2.45) is 5.10 Å². The molecule has 0 aliphatic carbocycles. The number of anilines is 1. The summed E-state index contributed by atoms with van der Waals surface area (Å²) in [6.45, 7) is 1.52. The van der Waals surface area contributed by atoms with Gasteiger partial charge in [-0.25, -0.2) is 13.8 Å². The van der Waals surface area contributed by atoms with Crippen LogP contribution in [0.15, 0.2) is 58.5 Å². The zero-order valence-corrected chi connectivity index (χ0v) is 16.5. The molecule has 0 saturated heterocycles. The number of nitrogens with zero attached hydrogens (tertiary/aromatic N) is 2. The Bertz CT molecular complexity index is 894. The Labute approximate surface area is 158 Å². The van der Waals surface area contributed by atoms with E-state index in [0.717, 1.165) is 26.6 Å². The van der Waals surface area contributed by atoms with E-state index in [1.807, 2.05) is 43.5 Å². The van der Waals surface area contributed by atoms with Crippen LogP contribution < -0.4 is 9.73 Å². The second-order valence-electron chi connectivity index (χ2n) is 5.67. The van der Waals surface area contributed by atoms with E-state index in [4.69, 9.17) is 0 Å². The van der Waals surface area contributed by atoms with Crippen LogP contribution in [-0.2, 0) is 14.8 Å². The molecule has 2 aromatic carbocycles. The Morgan fingerprint density at radius 3 is 2.50 bits per heavy atom. The van der Waals surface area contributed by atoms with Gasteiger partial charge in [-0.3, -0.25) is 9.10 Å². The summed E-state index contributed by atoms with van der Waals surface area (Å²) < 4.78 is 25.1. The van der Waals surface area contributed by atoms with E-state index >= 15 is 0 Å². The lowest BCUT2D eigenvalue weighted by atomic mass is 10.2. The third kappa shape index (κ3) is 5.89. The standard InChI is InChI=1S/C18H21N3O3S2/c1-14-5-4-6-16(11-14)21(26(3,23)24)13-18(22)20-19-12-15-7-9-17(25-2)10-8-15/h4-12H,13H2,1-3H3,(H,20,22)/b19-12-. The van der Waals surface area contributed by atoms with Gasteiger partial charge in [-0.2, -0.15) is 5.10 Å². The van der Waals surface area contributed by atoms with E-state index in [9.17, 15) is 13.2 Å². The highest BCUT2D eigenvalue weighted by molar-refractivity contribution is 7.98. The van der Waals surface area contributed by atoms with E-state index < -0.39 is 15.9 Å². The van der Waals surface area contributed by atoms with Gasteiger partial charge in [-0.15, -0.1) is 11.8 Å². The Hall–Kier alpha value is -2.32. The van der Waals surface area contributed by atoms with Gasteiger partial charge in [0.25, 0.3) is 5.91 Å². The number of nitrogens with one attached hydrogen (secondary N) is 1. The Morgan fingerprint density at radius 2 is 1.92 bits per heavy atom. The fraction of sp³-hybridized carbons (Fsp3) is 0.222. The van der Waals surface area contributed by atoms with Gasteiger partial charge in [-0.05, 0) is 48.6 Å². The zero-order valence-electron chi connectivity index (χ0n) is 14.8. The van der Waals surface area contributed by atoms with E-state index in [1.165, 1.54) is 6.21 Å². The molecule has 138 valence electrons. The topological polar surface area (TPSA) is 78.8 Å². The number of carbonyl (C=O) groups is 1. The molecule has 0 bridgehead atoms. The average molecular weight is 392 g/mol. The normalized spacial score (nSPS) is 11.5. The van der Waals surface area contributed by atoms with Crippen LogP contribution in [0.25, 0.3) is 0 Å². The van der Waals surface area contributed by atoms with Gasteiger partial charge in [-0.1, -0.05) is 24.3 Å². The summed E-state index contributed by atoms with van der Waals surface area (Å²) in [4.78, 5) is 13.2. The number of sulfonamides is 1. The van der Waals surface area contributed by atoms with Crippen molar-refractivity contribution in [3.8, 4) is 0 Å². The first-order chi connectivity index (χ1) is 12.3. The molecule has 0 aromatic heterocycles. The van der Waals surface area contributed by atoms with Crippen LogP contribution >= 0.6 is 11.8 Å². The lowest BCUT2D eigenvalue weighted by molar-refractivity contribution is -0.119. The van der Waals surface area contributed by atoms with Crippen LogP contribution in [0.4, 0.5) is 5.69 Å². The molecule has 1 amide bonds. The second-order valence-corrected chi connectivity index (χ2v) is 8.46. The molecule has 0 fully saturated rings. The Kier molecular flexibility index (Phi) is 6.82. The number of carbonyl (C=O) groups excluding carboxylic acids is 1. The maximum Gasteiger partial charge on any atom is 0.260 e. The molecule has 0 atom stereocenters. The van der Waals surface area contributed by atoms with Crippen molar-refractivity contribution in [3.05, 3.63) is 59.7 Å². The number of hydrogen-bond donors (Lipinski definition) is 1. The fourth-order valence-electron chi connectivity index (χ4n) is 2.22. The number of hydrazone groups is 1. The molecule has 6 nitrogen and oxygen atoms in total. The molecule has 2 rings (SSSR count). The summed E-state index contributed by atoms with van der Waals surface area (Å²) >= 11 is 1.64. The lowest BCUT2D eigenvalue weighted by Crippen LogP contribution is -2.39. The van der Waals surface area contributed by atoms with Crippen LogP contribution in [0.2, 0.25) is 0 Å². The number of rotatable bonds is 7. The molecular weight excluding hydrogens is 370 g/mol. The summed E-state index contributed by atoms with van der Waals surface area (Å²) in [6.07, 6.45) is 4.57. The Balaban J connectivity index is 2.04. The molecular formula is C18H21N3O3S2. The van der Waals surface area contributed by atoms with Gasteiger partial charge in [0.2, 0.25) is 10.0 Å². The molecule has 8 heteroatoms. The molecule has 0 aliphatic heterocycles. The maximum absolute atomic E-state index is 12.1. The molecule has 2 aromatic rings. The first-order valence-corrected chi connectivity index (χ1v) is 10.9. The van der Waals surface area contributed by atoms with Crippen molar-refractivity contribution in [1.82, 2.24) is 5.43 Å². The number of hydrogen-bond acceptors (Lipinski definition) is 5. The van der Waals surface area contributed by atoms with E-state index in [2.05, 4.69) is 10.5 Å². The molecule has 0 spiro atoms. The third-order valence-electron chi connectivity index (χ3n) is 3.50. The van der Waals surface area contributed by atoms with E-state index in [0.29, 0.717) is 5.69 Å². The summed E-state index contributed by atoms with van der Waals surface area (Å²) in [7, 11) is -3.60. The van der Waals surface area contributed by atoms with Crippen molar-refractivity contribution in [1.29, 1.82) is 0 Å². The van der Waals surface area contributed by atoms with Crippen LogP contribution in [-0.4, -0.2) is 39.6 Å². The minimum Gasteiger partial charge on any atom is -0.271 e. The largest absolute Gasteiger partial charge is 0.271 e. The monoisotopic (exact) mass is 391 g/mol. The van der Waals surface area contributed by atoms with Gasteiger partial charge in [0.15, 0.2) is 0 Å². The minimum atomic E-state index is -3.60. The summed E-state index contributed by atoms with van der Waals surface area (Å²) in [5, 5.41) is 3.89. The molecule has 0 saturated carbocycles. The fourth-order valence-corrected chi connectivity index (χ4v) is 3.47. The highest BCUT2D eigenvalue weighted by atomic mass is 32.2. The molecule has 0 unspecified atom stereocenters. The number of aryl methyl sites for hydroxylation is 1. The van der Waals surface area contributed by atoms with Gasteiger partial charge in [0, 0.05) is 4.90 Å². The van der Waals surface area contributed by atoms with E-state index in [1.54, 1.807) is 30.0 Å². The Morgan fingerprint density at radius 1 is 1.23 bits per heavy atom. The summed E-state index contributed by atoms with van der Waals surface area (Å²) in [5.74, 6) is -0.520.